The molecule has 1 aliphatic rings. The number of fused-ring (bicyclic) bond motifs is 1. The third-order valence-electron chi connectivity index (χ3n) is 4.06. The van der Waals surface area contributed by atoms with Crippen LogP contribution in [-0.2, 0) is 22.6 Å². The predicted molar refractivity (Wildman–Crippen MR) is 89.2 cm³/mol. The molecule has 0 unspecified atom stereocenters. The molecule has 1 aromatic heterocycles. The smallest absolute Gasteiger partial charge is 0.303 e. The van der Waals surface area contributed by atoms with Crippen molar-refractivity contribution >= 4 is 23.5 Å². The Labute approximate surface area is 144 Å². The number of benzene rings is 1. The lowest BCUT2D eigenvalue weighted by atomic mass is 10.1. The topological polar surface area (TPSA) is 99.8 Å². The van der Waals surface area contributed by atoms with E-state index in [2.05, 4.69) is 5.32 Å². The summed E-state index contributed by atoms with van der Waals surface area (Å²) in [5.41, 5.74) is 2.43. The number of carbonyl (C=O) groups excluding carboxylic acids is 2. The first kappa shape index (κ1) is 16.8. The minimum absolute atomic E-state index is 0.00957. The van der Waals surface area contributed by atoms with Gasteiger partial charge in [0.25, 0.3) is 5.91 Å². The van der Waals surface area contributed by atoms with Crippen molar-refractivity contribution in [2.75, 3.05) is 11.4 Å². The monoisotopic (exact) mass is 342 g/mol. The van der Waals surface area contributed by atoms with Crippen LogP contribution in [0, 0.1) is 0 Å². The molecule has 2 heterocycles. The van der Waals surface area contributed by atoms with Crippen molar-refractivity contribution in [3.8, 4) is 0 Å². The maximum atomic E-state index is 12.3. The summed E-state index contributed by atoms with van der Waals surface area (Å²) in [5.74, 6) is -1.19. The minimum atomic E-state index is -0.904. The van der Waals surface area contributed by atoms with Gasteiger partial charge in [-0.2, -0.15) is 0 Å². The van der Waals surface area contributed by atoms with Gasteiger partial charge in [0.05, 0.1) is 19.2 Å². The van der Waals surface area contributed by atoms with Crippen LogP contribution in [0.3, 0.4) is 0 Å². The molecular formula is C18H18N2O5. The molecule has 7 nitrogen and oxygen atoms in total. The Morgan fingerprint density at radius 3 is 2.84 bits per heavy atom. The lowest BCUT2D eigenvalue weighted by molar-refractivity contribution is -0.137. The van der Waals surface area contributed by atoms with Gasteiger partial charge in [-0.05, 0) is 24.1 Å². The fourth-order valence-corrected chi connectivity index (χ4v) is 2.84. The number of amides is 2. The van der Waals surface area contributed by atoms with Gasteiger partial charge >= 0.3 is 5.97 Å². The first-order chi connectivity index (χ1) is 12.1. The van der Waals surface area contributed by atoms with Crippen molar-refractivity contribution in [2.24, 2.45) is 0 Å². The Kier molecular flexibility index (Phi) is 4.83. The summed E-state index contributed by atoms with van der Waals surface area (Å²) < 4.78 is 5.27. The second kappa shape index (κ2) is 7.21. The molecule has 25 heavy (non-hydrogen) atoms. The molecule has 3 rings (SSSR count). The molecule has 1 aliphatic heterocycles. The van der Waals surface area contributed by atoms with E-state index >= 15 is 0 Å². The van der Waals surface area contributed by atoms with Crippen LogP contribution in [-0.4, -0.2) is 29.4 Å². The first-order valence-corrected chi connectivity index (χ1v) is 8.01. The van der Waals surface area contributed by atoms with Crippen LogP contribution < -0.4 is 10.2 Å². The quantitative estimate of drug-likeness (QED) is 0.749. The highest BCUT2D eigenvalue weighted by Crippen LogP contribution is 2.30. The van der Waals surface area contributed by atoms with Gasteiger partial charge in [0.1, 0.15) is 0 Å². The van der Waals surface area contributed by atoms with E-state index in [0.717, 1.165) is 11.3 Å². The van der Waals surface area contributed by atoms with E-state index in [1.807, 2.05) is 24.3 Å². The molecule has 0 fully saturated rings. The zero-order valence-electron chi connectivity index (χ0n) is 13.5. The first-order valence-electron chi connectivity index (χ1n) is 8.01. The Morgan fingerprint density at radius 1 is 1.24 bits per heavy atom. The molecule has 0 saturated carbocycles. The van der Waals surface area contributed by atoms with Gasteiger partial charge in [-0.25, -0.2) is 0 Å². The van der Waals surface area contributed by atoms with E-state index < -0.39 is 11.9 Å². The fourth-order valence-electron chi connectivity index (χ4n) is 2.84. The fraction of sp³-hybridized carbons (Fsp3) is 0.278. The lowest BCUT2D eigenvalue weighted by Gasteiger charge is -2.17. The molecule has 130 valence electrons. The third kappa shape index (κ3) is 3.71. The van der Waals surface area contributed by atoms with Crippen LogP contribution in [0.25, 0.3) is 0 Å². The molecule has 2 amide bonds. The number of nitrogens with zero attached hydrogens (tertiary/aromatic N) is 1. The highest BCUT2D eigenvalue weighted by atomic mass is 16.4. The molecule has 0 aliphatic carbocycles. The summed E-state index contributed by atoms with van der Waals surface area (Å²) in [5, 5.41) is 11.2. The minimum Gasteiger partial charge on any atom is -0.481 e. The summed E-state index contributed by atoms with van der Waals surface area (Å²) in [6.07, 6.45) is 2.10. The van der Waals surface area contributed by atoms with Gasteiger partial charge in [0, 0.05) is 24.2 Å². The van der Waals surface area contributed by atoms with Crippen LogP contribution in [0.2, 0.25) is 0 Å². The van der Waals surface area contributed by atoms with Crippen molar-refractivity contribution in [2.45, 2.75) is 25.8 Å². The second-order valence-corrected chi connectivity index (χ2v) is 5.81. The largest absolute Gasteiger partial charge is 0.481 e. The maximum absolute atomic E-state index is 12.3. The highest BCUT2D eigenvalue weighted by Gasteiger charge is 2.28. The average Bonchev–Trinajstić information content (AvgIpc) is 3.17. The average molecular weight is 342 g/mol. The van der Waals surface area contributed by atoms with Crippen LogP contribution >= 0.6 is 0 Å². The molecule has 0 spiro atoms. The zero-order chi connectivity index (χ0) is 17.8. The highest BCUT2D eigenvalue weighted by molar-refractivity contribution is 6.01. The summed E-state index contributed by atoms with van der Waals surface area (Å²) in [6, 6.07) is 9.23. The van der Waals surface area contributed by atoms with Gasteiger partial charge < -0.3 is 19.7 Å². The molecule has 1 aromatic carbocycles. The van der Waals surface area contributed by atoms with E-state index in [9.17, 15) is 14.4 Å². The van der Waals surface area contributed by atoms with Gasteiger partial charge in [-0.1, -0.05) is 18.2 Å². The number of rotatable bonds is 7. The van der Waals surface area contributed by atoms with Gasteiger partial charge in [-0.3, -0.25) is 14.4 Å². The molecule has 0 saturated heterocycles. The van der Waals surface area contributed by atoms with Crippen molar-refractivity contribution in [1.29, 1.82) is 0 Å². The van der Waals surface area contributed by atoms with Gasteiger partial charge in [-0.15, -0.1) is 0 Å². The molecular weight excluding hydrogens is 324 g/mol. The zero-order valence-corrected chi connectivity index (χ0v) is 13.5. The number of hydrogen-bond donors (Lipinski definition) is 2. The summed E-state index contributed by atoms with van der Waals surface area (Å²) in [6.45, 7) is 0.501. The standard InChI is InChI=1S/C18H18N2O5/c21-15-10-12-4-1-2-5-14(12)20(15)11-13-7-9-25-17(13)18(24)19-8-3-6-16(22)23/h1-2,4-5,7,9H,3,6,8,10-11H2,(H,19,24)(H,22,23). The Morgan fingerprint density at radius 2 is 2.04 bits per heavy atom. The number of nitrogens with one attached hydrogen (secondary N) is 1. The molecule has 7 heteroatoms. The summed E-state index contributed by atoms with van der Waals surface area (Å²) >= 11 is 0. The SMILES string of the molecule is O=C(O)CCCNC(=O)c1occc1CN1C(=O)Cc2ccccc21. The molecule has 0 radical (unpaired) electrons. The van der Waals surface area contributed by atoms with Crippen LogP contribution in [0.15, 0.2) is 41.0 Å². The molecule has 2 N–H and O–H groups in total. The normalized spacial score (nSPS) is 13.0. The van der Waals surface area contributed by atoms with E-state index in [4.69, 9.17) is 9.52 Å². The van der Waals surface area contributed by atoms with Gasteiger partial charge in [0.15, 0.2) is 5.76 Å². The van der Waals surface area contributed by atoms with E-state index in [1.165, 1.54) is 6.26 Å². The Bertz CT molecular complexity index is 811. The molecule has 0 atom stereocenters. The maximum Gasteiger partial charge on any atom is 0.303 e. The number of furan rings is 1. The van der Waals surface area contributed by atoms with Crippen LogP contribution in [0.1, 0.15) is 34.5 Å². The summed E-state index contributed by atoms with van der Waals surface area (Å²) in [7, 11) is 0. The Balaban J connectivity index is 1.67. The number of hydrogen-bond acceptors (Lipinski definition) is 4. The van der Waals surface area contributed by atoms with Crippen LogP contribution in [0.4, 0.5) is 5.69 Å². The lowest BCUT2D eigenvalue weighted by Crippen LogP contribution is -2.29. The van der Waals surface area contributed by atoms with Crippen molar-refractivity contribution in [3.05, 3.63) is 53.5 Å². The number of anilines is 1. The van der Waals surface area contributed by atoms with Crippen LogP contribution in [0.5, 0.6) is 0 Å². The number of carbonyl (C=O) groups is 3. The number of para-hydroxylation sites is 1. The Hall–Kier alpha value is -3.09. The second-order valence-electron chi connectivity index (χ2n) is 5.81. The summed E-state index contributed by atoms with van der Waals surface area (Å²) in [4.78, 5) is 36.6. The number of carboxylic acid groups (broad SMARTS) is 1. The third-order valence-corrected chi connectivity index (χ3v) is 4.06. The molecule has 0 bridgehead atoms. The van der Waals surface area contributed by atoms with Crippen molar-refractivity contribution < 1.29 is 23.9 Å². The van der Waals surface area contributed by atoms with E-state index in [1.54, 1.807) is 11.0 Å². The van der Waals surface area contributed by atoms with Crippen molar-refractivity contribution in [3.63, 3.8) is 0 Å². The number of aliphatic carboxylic acids is 1. The molecule has 2 aromatic rings. The van der Waals surface area contributed by atoms with Gasteiger partial charge in [0.2, 0.25) is 5.91 Å². The van der Waals surface area contributed by atoms with E-state index in [0.29, 0.717) is 18.4 Å². The van der Waals surface area contributed by atoms with Crippen molar-refractivity contribution in [1.82, 2.24) is 5.32 Å². The predicted octanol–water partition coefficient (Wildman–Crippen LogP) is 1.96. The number of carboxylic acids is 1. The van der Waals surface area contributed by atoms with E-state index in [-0.39, 0.29) is 31.2 Å².